The number of hydrogen-bond acceptors (Lipinski definition) is 2. The fourth-order valence-electron chi connectivity index (χ4n) is 3.59. The Labute approximate surface area is 147 Å². The lowest BCUT2D eigenvalue weighted by atomic mass is 9.91. The maximum absolute atomic E-state index is 11.5. The van der Waals surface area contributed by atoms with Gasteiger partial charge in [-0.1, -0.05) is 24.8 Å². The van der Waals surface area contributed by atoms with Crippen molar-refractivity contribution < 1.29 is 4.79 Å². The number of para-hydroxylation sites is 1. The van der Waals surface area contributed by atoms with E-state index in [0.717, 1.165) is 18.5 Å². The Kier molecular flexibility index (Phi) is 4.02. The van der Waals surface area contributed by atoms with Crippen molar-refractivity contribution in [3.05, 3.63) is 72.9 Å². The summed E-state index contributed by atoms with van der Waals surface area (Å²) < 4.78 is 0. The Morgan fingerprint density at radius 3 is 3.04 bits per heavy atom. The smallest absolute Gasteiger partial charge is 0.243 e. The number of aromatic amines is 1. The predicted molar refractivity (Wildman–Crippen MR) is 102 cm³/mol. The molecule has 0 spiro atoms. The zero-order valence-electron chi connectivity index (χ0n) is 14.0. The summed E-state index contributed by atoms with van der Waals surface area (Å²) >= 11 is 0. The molecule has 1 aromatic heterocycles. The van der Waals surface area contributed by atoms with Crippen LogP contribution in [-0.4, -0.2) is 24.0 Å². The number of rotatable bonds is 4. The first-order valence-corrected chi connectivity index (χ1v) is 8.57. The highest BCUT2D eigenvalue weighted by Gasteiger charge is 2.25. The first-order chi connectivity index (χ1) is 12.2. The highest BCUT2D eigenvalue weighted by Crippen LogP contribution is 2.36. The summed E-state index contributed by atoms with van der Waals surface area (Å²) in [6, 6.07) is 17.1. The Bertz CT molecular complexity index is 928. The molecule has 25 heavy (non-hydrogen) atoms. The highest BCUT2D eigenvalue weighted by atomic mass is 16.1. The van der Waals surface area contributed by atoms with Crippen molar-refractivity contribution in [3.8, 4) is 0 Å². The molecule has 1 amide bonds. The van der Waals surface area contributed by atoms with Crippen LogP contribution < -0.4 is 10.2 Å². The Morgan fingerprint density at radius 2 is 2.16 bits per heavy atom. The molecule has 0 aliphatic carbocycles. The number of amides is 1. The molecular formula is C21H21N3O. The van der Waals surface area contributed by atoms with Crippen LogP contribution in [0.4, 0.5) is 11.4 Å². The standard InChI is InChI=1S/C21H21N3O/c1-2-21(25)23-13-15-11-17-5-3-4-6-20(17)24(14-15)18-7-8-19-16(12-18)9-10-22-19/h2-10,12,15,22H,1,11,13-14H2,(H,23,25). The van der Waals surface area contributed by atoms with E-state index >= 15 is 0 Å². The molecule has 2 N–H and O–H groups in total. The number of H-pyrrole nitrogens is 1. The van der Waals surface area contributed by atoms with Crippen molar-refractivity contribution in [2.24, 2.45) is 5.92 Å². The third-order valence-corrected chi connectivity index (χ3v) is 4.83. The number of benzene rings is 2. The van der Waals surface area contributed by atoms with Crippen molar-refractivity contribution in [3.63, 3.8) is 0 Å². The second-order valence-electron chi connectivity index (χ2n) is 6.51. The number of fused-ring (bicyclic) bond motifs is 2. The van der Waals surface area contributed by atoms with Gasteiger partial charge in [0.1, 0.15) is 0 Å². The summed E-state index contributed by atoms with van der Waals surface area (Å²) in [7, 11) is 0. The lowest BCUT2D eigenvalue weighted by Crippen LogP contribution is -2.38. The second-order valence-corrected chi connectivity index (χ2v) is 6.51. The fraction of sp³-hybridized carbons (Fsp3) is 0.190. The molecule has 0 saturated heterocycles. The van der Waals surface area contributed by atoms with Gasteiger partial charge in [-0.25, -0.2) is 0 Å². The van der Waals surface area contributed by atoms with Gasteiger partial charge in [-0.2, -0.15) is 0 Å². The fourth-order valence-corrected chi connectivity index (χ4v) is 3.59. The van der Waals surface area contributed by atoms with Crippen LogP contribution in [-0.2, 0) is 11.2 Å². The molecule has 4 heteroatoms. The first-order valence-electron chi connectivity index (χ1n) is 8.57. The quantitative estimate of drug-likeness (QED) is 0.715. The molecule has 1 atom stereocenters. The van der Waals surface area contributed by atoms with Gasteiger partial charge >= 0.3 is 0 Å². The third-order valence-electron chi connectivity index (χ3n) is 4.83. The molecule has 0 radical (unpaired) electrons. The Morgan fingerprint density at radius 1 is 1.28 bits per heavy atom. The van der Waals surface area contributed by atoms with Gasteiger partial charge in [-0.3, -0.25) is 4.79 Å². The minimum atomic E-state index is -0.112. The van der Waals surface area contributed by atoms with E-state index in [9.17, 15) is 4.79 Å². The van der Waals surface area contributed by atoms with Crippen LogP contribution in [0.3, 0.4) is 0 Å². The lowest BCUT2D eigenvalue weighted by Gasteiger charge is -2.36. The average Bonchev–Trinajstić information content (AvgIpc) is 3.13. The van der Waals surface area contributed by atoms with E-state index in [0.29, 0.717) is 12.5 Å². The van der Waals surface area contributed by atoms with E-state index in [1.165, 1.54) is 28.4 Å². The largest absolute Gasteiger partial charge is 0.361 e. The zero-order valence-corrected chi connectivity index (χ0v) is 14.0. The molecule has 3 aromatic rings. The van der Waals surface area contributed by atoms with E-state index in [4.69, 9.17) is 0 Å². The maximum Gasteiger partial charge on any atom is 0.243 e. The second kappa shape index (κ2) is 6.48. The zero-order chi connectivity index (χ0) is 17.2. The van der Waals surface area contributed by atoms with E-state index in [1.54, 1.807) is 0 Å². The topological polar surface area (TPSA) is 48.1 Å². The van der Waals surface area contributed by atoms with Crippen LogP contribution >= 0.6 is 0 Å². The lowest BCUT2D eigenvalue weighted by molar-refractivity contribution is -0.116. The van der Waals surface area contributed by atoms with Crippen molar-refractivity contribution in [1.82, 2.24) is 10.3 Å². The van der Waals surface area contributed by atoms with E-state index in [-0.39, 0.29) is 5.91 Å². The van der Waals surface area contributed by atoms with Gasteiger partial charge in [-0.15, -0.1) is 0 Å². The predicted octanol–water partition coefficient (Wildman–Crippen LogP) is 3.78. The maximum atomic E-state index is 11.5. The van der Waals surface area contributed by atoms with Crippen LogP contribution in [0.15, 0.2) is 67.4 Å². The summed E-state index contributed by atoms with van der Waals surface area (Å²) in [4.78, 5) is 17.1. The molecule has 4 rings (SSSR count). The van der Waals surface area contributed by atoms with Crippen LogP contribution in [0.1, 0.15) is 5.56 Å². The summed E-state index contributed by atoms with van der Waals surface area (Å²) in [5.41, 5.74) is 4.90. The van der Waals surface area contributed by atoms with Gasteiger partial charge in [0.15, 0.2) is 0 Å². The minimum absolute atomic E-state index is 0.112. The summed E-state index contributed by atoms with van der Waals surface area (Å²) in [5, 5.41) is 4.15. The van der Waals surface area contributed by atoms with Gasteiger partial charge in [0.05, 0.1) is 0 Å². The summed E-state index contributed by atoms with van der Waals surface area (Å²) in [6.45, 7) is 5.06. The van der Waals surface area contributed by atoms with Gasteiger partial charge in [0, 0.05) is 41.6 Å². The summed E-state index contributed by atoms with van der Waals surface area (Å²) in [5.74, 6) is 0.250. The number of hydrogen-bond donors (Lipinski definition) is 2. The average molecular weight is 331 g/mol. The SMILES string of the molecule is C=CC(=O)NCC1Cc2ccccc2N(c2ccc3[nH]ccc3c2)C1. The molecule has 2 heterocycles. The molecular weight excluding hydrogens is 310 g/mol. The molecule has 126 valence electrons. The molecule has 1 unspecified atom stereocenters. The summed E-state index contributed by atoms with van der Waals surface area (Å²) in [6.07, 6.45) is 4.26. The van der Waals surface area contributed by atoms with Crippen molar-refractivity contribution in [2.45, 2.75) is 6.42 Å². The molecule has 4 nitrogen and oxygen atoms in total. The van der Waals surface area contributed by atoms with E-state index in [2.05, 4.69) is 70.3 Å². The third kappa shape index (κ3) is 3.03. The highest BCUT2D eigenvalue weighted by molar-refractivity contribution is 5.87. The number of carbonyl (C=O) groups excluding carboxylic acids is 1. The molecule has 0 bridgehead atoms. The number of aromatic nitrogens is 1. The van der Waals surface area contributed by atoms with Gasteiger partial charge in [0.2, 0.25) is 5.91 Å². The van der Waals surface area contributed by atoms with Crippen LogP contribution in [0, 0.1) is 5.92 Å². The van der Waals surface area contributed by atoms with E-state index < -0.39 is 0 Å². The van der Waals surface area contributed by atoms with Gasteiger partial charge < -0.3 is 15.2 Å². The first kappa shape index (κ1) is 15.5. The van der Waals surface area contributed by atoms with Crippen LogP contribution in [0.5, 0.6) is 0 Å². The molecule has 1 aliphatic heterocycles. The van der Waals surface area contributed by atoms with E-state index in [1.807, 2.05) is 6.20 Å². The number of carbonyl (C=O) groups is 1. The van der Waals surface area contributed by atoms with Crippen molar-refractivity contribution >= 4 is 28.2 Å². The molecule has 2 aromatic carbocycles. The number of nitrogens with zero attached hydrogens (tertiary/aromatic N) is 1. The monoisotopic (exact) mass is 331 g/mol. The number of nitrogens with one attached hydrogen (secondary N) is 2. The number of anilines is 2. The minimum Gasteiger partial charge on any atom is -0.361 e. The normalized spacial score (nSPS) is 16.5. The molecule has 0 fully saturated rings. The Hall–Kier alpha value is -3.01. The van der Waals surface area contributed by atoms with Crippen molar-refractivity contribution in [2.75, 3.05) is 18.0 Å². The Balaban J connectivity index is 1.66. The van der Waals surface area contributed by atoms with Crippen molar-refractivity contribution in [1.29, 1.82) is 0 Å². The van der Waals surface area contributed by atoms with Crippen LogP contribution in [0.25, 0.3) is 10.9 Å². The van der Waals surface area contributed by atoms with Gasteiger partial charge in [0.25, 0.3) is 0 Å². The van der Waals surface area contributed by atoms with Crippen LogP contribution in [0.2, 0.25) is 0 Å². The molecule has 1 aliphatic rings. The molecule has 0 saturated carbocycles. The van der Waals surface area contributed by atoms with Gasteiger partial charge in [-0.05, 0) is 54.3 Å².